The van der Waals surface area contributed by atoms with E-state index in [2.05, 4.69) is 20.8 Å². The molecule has 1 atom stereocenters. The number of hydrogen-bond acceptors (Lipinski definition) is 5. The molecular weight excluding hydrogens is 321 g/mol. The summed E-state index contributed by atoms with van der Waals surface area (Å²) >= 11 is 0. The molecule has 1 N–H and O–H groups in total. The lowest BCUT2D eigenvalue weighted by Crippen LogP contribution is -2.20. The van der Waals surface area contributed by atoms with Crippen LogP contribution >= 0.6 is 0 Å². The van der Waals surface area contributed by atoms with E-state index in [9.17, 15) is 4.39 Å². The first-order chi connectivity index (χ1) is 12.2. The summed E-state index contributed by atoms with van der Waals surface area (Å²) in [6.07, 6.45) is 2.02. The van der Waals surface area contributed by atoms with Crippen LogP contribution in [0.1, 0.15) is 24.1 Å². The van der Waals surface area contributed by atoms with Crippen molar-refractivity contribution in [1.29, 1.82) is 0 Å². The Kier molecular flexibility index (Phi) is 3.89. The fourth-order valence-electron chi connectivity index (χ4n) is 2.82. The fourth-order valence-corrected chi connectivity index (χ4v) is 2.82. The summed E-state index contributed by atoms with van der Waals surface area (Å²) in [5.74, 6) is 1.09. The highest BCUT2D eigenvalue weighted by Gasteiger charge is 2.24. The second kappa shape index (κ2) is 6.35. The maximum absolute atomic E-state index is 13.2. The van der Waals surface area contributed by atoms with E-state index in [-0.39, 0.29) is 11.9 Å². The molecule has 0 saturated carbocycles. The van der Waals surface area contributed by atoms with Crippen LogP contribution in [0.15, 0.2) is 54.6 Å². The van der Waals surface area contributed by atoms with Crippen molar-refractivity contribution in [2.45, 2.75) is 13.0 Å². The Morgan fingerprint density at radius 3 is 2.60 bits per heavy atom. The number of nitrogens with zero attached hydrogens (tertiary/aromatic N) is 4. The maximum Gasteiger partial charge on any atom is 0.248 e. The molecule has 1 aromatic heterocycles. The van der Waals surface area contributed by atoms with E-state index >= 15 is 0 Å². The lowest BCUT2D eigenvalue weighted by molar-refractivity contribution is 0.340. The minimum absolute atomic E-state index is 0.165. The number of benzene rings is 2. The molecule has 0 bridgehead atoms. The van der Waals surface area contributed by atoms with Crippen LogP contribution in [-0.4, -0.2) is 26.8 Å². The van der Waals surface area contributed by atoms with E-state index in [1.165, 1.54) is 12.1 Å². The van der Waals surface area contributed by atoms with Gasteiger partial charge in [0, 0.05) is 5.70 Å². The quantitative estimate of drug-likeness (QED) is 0.791. The molecule has 0 spiro atoms. The van der Waals surface area contributed by atoms with Gasteiger partial charge in [-0.3, -0.25) is 0 Å². The number of hydrogen-bond donors (Lipinski definition) is 1. The third-order valence-electron chi connectivity index (χ3n) is 4.02. The van der Waals surface area contributed by atoms with Gasteiger partial charge in [0.05, 0.1) is 6.61 Å². The number of nitrogens with one attached hydrogen (secondary N) is 1. The van der Waals surface area contributed by atoms with Crippen LogP contribution in [-0.2, 0) is 0 Å². The van der Waals surface area contributed by atoms with Gasteiger partial charge in [0.1, 0.15) is 17.6 Å². The lowest BCUT2D eigenvalue weighted by atomic mass is 10.0. The Hall–Kier alpha value is -3.22. The minimum atomic E-state index is -0.270. The van der Waals surface area contributed by atoms with Crippen molar-refractivity contribution in [3.63, 3.8) is 0 Å². The number of rotatable bonds is 4. The second-order valence-electron chi connectivity index (χ2n) is 5.61. The first-order valence-electron chi connectivity index (χ1n) is 8.00. The average Bonchev–Trinajstić information content (AvgIpc) is 3.11. The van der Waals surface area contributed by atoms with Crippen LogP contribution in [0.5, 0.6) is 5.75 Å². The van der Waals surface area contributed by atoms with Gasteiger partial charge in [0.2, 0.25) is 5.95 Å². The van der Waals surface area contributed by atoms with Crippen molar-refractivity contribution in [2.75, 3.05) is 11.9 Å². The summed E-state index contributed by atoms with van der Waals surface area (Å²) in [7, 11) is 0. The minimum Gasteiger partial charge on any atom is -0.494 e. The SMILES string of the molecule is CCOc1ccc([C@@H]2C=C(c3ccc(F)cc3)Nc3nnnn32)cc1. The third-order valence-corrected chi connectivity index (χ3v) is 4.02. The van der Waals surface area contributed by atoms with Crippen molar-refractivity contribution < 1.29 is 9.13 Å². The molecule has 2 aromatic carbocycles. The predicted molar refractivity (Wildman–Crippen MR) is 91.6 cm³/mol. The molecule has 4 rings (SSSR count). The van der Waals surface area contributed by atoms with E-state index in [0.29, 0.717) is 12.6 Å². The zero-order valence-corrected chi connectivity index (χ0v) is 13.6. The molecule has 126 valence electrons. The van der Waals surface area contributed by atoms with Gasteiger partial charge in [-0.2, -0.15) is 4.68 Å². The van der Waals surface area contributed by atoms with E-state index in [4.69, 9.17) is 4.74 Å². The molecule has 3 aromatic rings. The zero-order valence-electron chi connectivity index (χ0n) is 13.6. The van der Waals surface area contributed by atoms with Crippen molar-refractivity contribution in [1.82, 2.24) is 20.2 Å². The highest BCUT2D eigenvalue weighted by Crippen LogP contribution is 2.32. The van der Waals surface area contributed by atoms with E-state index in [1.54, 1.807) is 16.8 Å². The first-order valence-corrected chi connectivity index (χ1v) is 8.00. The molecule has 1 aliphatic heterocycles. The lowest BCUT2D eigenvalue weighted by Gasteiger charge is -2.23. The van der Waals surface area contributed by atoms with Crippen molar-refractivity contribution in [2.24, 2.45) is 0 Å². The van der Waals surface area contributed by atoms with Gasteiger partial charge in [0.15, 0.2) is 0 Å². The maximum atomic E-state index is 13.2. The van der Waals surface area contributed by atoms with Crippen molar-refractivity contribution in [3.05, 3.63) is 71.6 Å². The summed E-state index contributed by atoms with van der Waals surface area (Å²) < 4.78 is 20.4. The Balaban J connectivity index is 1.73. The molecule has 0 fully saturated rings. The first kappa shape index (κ1) is 15.3. The van der Waals surface area contributed by atoms with E-state index in [0.717, 1.165) is 22.6 Å². The highest BCUT2D eigenvalue weighted by atomic mass is 19.1. The molecule has 25 heavy (non-hydrogen) atoms. The highest BCUT2D eigenvalue weighted by molar-refractivity contribution is 5.76. The monoisotopic (exact) mass is 337 g/mol. The standard InChI is InChI=1S/C18H16FN5O/c1-2-25-15-9-5-13(6-10-15)17-11-16(12-3-7-14(19)8-4-12)20-18-21-22-23-24(17)18/h3-11,17H,2H2,1H3,(H,20,21,23)/t17-/m0/s1. The van der Waals surface area contributed by atoms with Crippen LogP contribution in [0.2, 0.25) is 0 Å². The van der Waals surface area contributed by atoms with Crippen LogP contribution in [0, 0.1) is 5.82 Å². The van der Waals surface area contributed by atoms with Gasteiger partial charge in [-0.05, 0) is 71.0 Å². The Bertz CT molecular complexity index is 902. The van der Waals surface area contributed by atoms with Gasteiger partial charge >= 0.3 is 0 Å². The Morgan fingerprint density at radius 2 is 1.88 bits per heavy atom. The topological polar surface area (TPSA) is 64.9 Å². The van der Waals surface area contributed by atoms with Gasteiger partial charge in [-0.25, -0.2) is 4.39 Å². The molecule has 0 saturated heterocycles. The smallest absolute Gasteiger partial charge is 0.248 e. The molecule has 6 nitrogen and oxygen atoms in total. The zero-order chi connectivity index (χ0) is 17.2. The molecule has 2 heterocycles. The van der Waals surface area contributed by atoms with Crippen LogP contribution in [0.4, 0.5) is 10.3 Å². The summed E-state index contributed by atoms with van der Waals surface area (Å²) in [6, 6.07) is 14.0. The largest absolute Gasteiger partial charge is 0.494 e. The number of tetrazole rings is 1. The summed E-state index contributed by atoms with van der Waals surface area (Å²) in [5.41, 5.74) is 2.73. The average molecular weight is 337 g/mol. The van der Waals surface area contributed by atoms with Crippen molar-refractivity contribution in [3.8, 4) is 5.75 Å². The van der Waals surface area contributed by atoms with Crippen LogP contribution in [0.25, 0.3) is 5.70 Å². The third kappa shape index (κ3) is 2.96. The predicted octanol–water partition coefficient (Wildman–Crippen LogP) is 3.27. The molecule has 0 unspecified atom stereocenters. The molecule has 7 heteroatoms. The Labute approximate surface area is 143 Å². The van der Waals surface area contributed by atoms with Gasteiger partial charge in [0.25, 0.3) is 0 Å². The fraction of sp³-hybridized carbons (Fsp3) is 0.167. The number of fused-ring (bicyclic) bond motifs is 1. The molecule has 1 aliphatic rings. The van der Waals surface area contributed by atoms with Crippen LogP contribution < -0.4 is 10.1 Å². The van der Waals surface area contributed by atoms with Crippen LogP contribution in [0.3, 0.4) is 0 Å². The normalized spacial score (nSPS) is 15.9. The number of halogens is 1. The van der Waals surface area contributed by atoms with E-state index < -0.39 is 0 Å². The summed E-state index contributed by atoms with van der Waals surface area (Å²) in [6.45, 7) is 2.57. The summed E-state index contributed by atoms with van der Waals surface area (Å²) in [5, 5.41) is 15.0. The molecule has 0 amide bonds. The number of aromatic nitrogens is 4. The van der Waals surface area contributed by atoms with Gasteiger partial charge < -0.3 is 10.1 Å². The number of allylic oxidation sites excluding steroid dienone is 1. The molecule has 0 radical (unpaired) electrons. The Morgan fingerprint density at radius 1 is 1.12 bits per heavy atom. The molecule has 0 aliphatic carbocycles. The molecular formula is C18H16FN5O. The number of anilines is 1. The van der Waals surface area contributed by atoms with Gasteiger partial charge in [-0.1, -0.05) is 17.2 Å². The number of ether oxygens (including phenoxy) is 1. The van der Waals surface area contributed by atoms with Crippen molar-refractivity contribution >= 4 is 11.6 Å². The second-order valence-corrected chi connectivity index (χ2v) is 5.61. The summed E-state index contributed by atoms with van der Waals surface area (Å²) in [4.78, 5) is 0. The van der Waals surface area contributed by atoms with E-state index in [1.807, 2.05) is 37.3 Å². The van der Waals surface area contributed by atoms with Gasteiger partial charge in [-0.15, -0.1) is 0 Å².